The monoisotopic (exact) mass is 218 g/mol. The molecule has 0 saturated carbocycles. The standard InChI is InChI=1S/C13H18N2O/c1-3-9(8-14)10-4-5-12-11(6-10)7-13(16)15(12)2/h4-6,9H,3,7-8,14H2,1-2H3. The molecule has 16 heavy (non-hydrogen) atoms. The lowest BCUT2D eigenvalue weighted by atomic mass is 9.94. The Hall–Kier alpha value is -1.35. The number of carbonyl (C=O) groups is 1. The molecule has 3 heteroatoms. The molecule has 0 aliphatic carbocycles. The molecule has 0 aromatic heterocycles. The summed E-state index contributed by atoms with van der Waals surface area (Å²) in [6, 6.07) is 6.26. The summed E-state index contributed by atoms with van der Waals surface area (Å²) in [7, 11) is 1.83. The van der Waals surface area contributed by atoms with E-state index in [1.54, 1.807) is 4.90 Å². The first-order chi connectivity index (χ1) is 7.67. The Bertz CT molecular complexity index is 410. The number of rotatable bonds is 3. The van der Waals surface area contributed by atoms with Crippen LogP contribution in [0.3, 0.4) is 0 Å². The van der Waals surface area contributed by atoms with Gasteiger partial charge in [0.25, 0.3) is 0 Å². The number of anilines is 1. The Morgan fingerprint density at radius 3 is 2.88 bits per heavy atom. The van der Waals surface area contributed by atoms with Gasteiger partial charge in [-0.2, -0.15) is 0 Å². The van der Waals surface area contributed by atoms with Crippen LogP contribution in [0.2, 0.25) is 0 Å². The minimum absolute atomic E-state index is 0.174. The summed E-state index contributed by atoms with van der Waals surface area (Å²) in [6.45, 7) is 2.81. The van der Waals surface area contributed by atoms with Crippen molar-refractivity contribution in [3.8, 4) is 0 Å². The number of fused-ring (bicyclic) bond motifs is 1. The van der Waals surface area contributed by atoms with E-state index in [0.717, 1.165) is 17.7 Å². The van der Waals surface area contributed by atoms with E-state index in [1.165, 1.54) is 5.56 Å². The molecule has 1 amide bonds. The average Bonchev–Trinajstić information content (AvgIpc) is 2.56. The van der Waals surface area contributed by atoms with Gasteiger partial charge in [-0.25, -0.2) is 0 Å². The molecule has 1 aliphatic rings. The first-order valence-electron chi connectivity index (χ1n) is 5.76. The molecule has 86 valence electrons. The number of nitrogens with zero attached hydrogens (tertiary/aromatic N) is 1. The van der Waals surface area contributed by atoms with Crippen LogP contribution in [0.15, 0.2) is 18.2 Å². The lowest BCUT2D eigenvalue weighted by Crippen LogP contribution is -2.20. The van der Waals surface area contributed by atoms with Gasteiger partial charge in [0.15, 0.2) is 0 Å². The number of hydrogen-bond acceptors (Lipinski definition) is 2. The highest BCUT2D eigenvalue weighted by atomic mass is 16.2. The zero-order valence-electron chi connectivity index (χ0n) is 9.86. The van der Waals surface area contributed by atoms with Crippen LogP contribution in [0.4, 0.5) is 5.69 Å². The topological polar surface area (TPSA) is 46.3 Å². The quantitative estimate of drug-likeness (QED) is 0.838. The number of nitrogens with two attached hydrogens (primary N) is 1. The van der Waals surface area contributed by atoms with Crippen LogP contribution < -0.4 is 10.6 Å². The third kappa shape index (κ3) is 1.71. The summed E-state index contributed by atoms with van der Waals surface area (Å²) in [4.78, 5) is 13.3. The van der Waals surface area contributed by atoms with Crippen molar-refractivity contribution in [2.45, 2.75) is 25.7 Å². The van der Waals surface area contributed by atoms with E-state index in [4.69, 9.17) is 5.73 Å². The van der Waals surface area contributed by atoms with E-state index < -0.39 is 0 Å². The van der Waals surface area contributed by atoms with E-state index >= 15 is 0 Å². The van der Waals surface area contributed by atoms with Crippen LogP contribution in [-0.2, 0) is 11.2 Å². The molecular formula is C13H18N2O. The van der Waals surface area contributed by atoms with Crippen molar-refractivity contribution in [1.82, 2.24) is 0 Å². The fourth-order valence-corrected chi connectivity index (χ4v) is 2.28. The van der Waals surface area contributed by atoms with Gasteiger partial charge in [0.2, 0.25) is 5.91 Å². The lowest BCUT2D eigenvalue weighted by Gasteiger charge is -2.15. The first kappa shape index (κ1) is 11.1. The molecule has 0 spiro atoms. The van der Waals surface area contributed by atoms with Crippen LogP contribution in [0.25, 0.3) is 0 Å². The highest BCUT2D eigenvalue weighted by Crippen LogP contribution is 2.31. The summed E-state index contributed by atoms with van der Waals surface area (Å²) in [6.07, 6.45) is 1.57. The van der Waals surface area contributed by atoms with E-state index in [9.17, 15) is 4.79 Å². The molecule has 1 aromatic carbocycles. The van der Waals surface area contributed by atoms with Crippen molar-refractivity contribution >= 4 is 11.6 Å². The van der Waals surface area contributed by atoms with E-state index in [2.05, 4.69) is 19.1 Å². The van der Waals surface area contributed by atoms with Crippen molar-refractivity contribution in [1.29, 1.82) is 0 Å². The average molecular weight is 218 g/mol. The minimum Gasteiger partial charge on any atom is -0.330 e. The molecule has 1 unspecified atom stereocenters. The second kappa shape index (κ2) is 4.26. The Morgan fingerprint density at radius 1 is 1.50 bits per heavy atom. The van der Waals surface area contributed by atoms with Gasteiger partial charge < -0.3 is 10.6 Å². The third-order valence-electron chi connectivity index (χ3n) is 3.43. The molecule has 2 rings (SSSR count). The number of carbonyl (C=O) groups excluding carboxylic acids is 1. The van der Waals surface area contributed by atoms with Gasteiger partial charge in [-0.05, 0) is 36.1 Å². The van der Waals surface area contributed by atoms with Gasteiger partial charge in [0.1, 0.15) is 0 Å². The molecule has 1 aromatic rings. The van der Waals surface area contributed by atoms with Crippen LogP contribution >= 0.6 is 0 Å². The molecule has 0 bridgehead atoms. The zero-order chi connectivity index (χ0) is 11.7. The Labute approximate surface area is 96.2 Å². The normalized spacial score (nSPS) is 16.4. The maximum absolute atomic E-state index is 11.6. The summed E-state index contributed by atoms with van der Waals surface area (Å²) in [5.41, 5.74) is 9.17. The molecule has 1 aliphatic heterocycles. The van der Waals surface area contributed by atoms with Crippen molar-refractivity contribution < 1.29 is 4.79 Å². The van der Waals surface area contributed by atoms with Crippen LogP contribution in [0, 0.1) is 0 Å². The molecule has 1 atom stereocenters. The third-order valence-corrected chi connectivity index (χ3v) is 3.43. The maximum atomic E-state index is 11.6. The van der Waals surface area contributed by atoms with Crippen LogP contribution in [-0.4, -0.2) is 19.5 Å². The molecule has 0 saturated heterocycles. The van der Waals surface area contributed by atoms with Crippen molar-refractivity contribution in [3.05, 3.63) is 29.3 Å². The Balaban J connectivity index is 2.35. The molecule has 2 N–H and O–H groups in total. The van der Waals surface area contributed by atoms with Gasteiger partial charge in [-0.3, -0.25) is 4.79 Å². The molecule has 1 heterocycles. The fraction of sp³-hybridized carbons (Fsp3) is 0.462. The Kier molecular flexibility index (Phi) is 2.97. The highest BCUT2D eigenvalue weighted by Gasteiger charge is 2.24. The molecular weight excluding hydrogens is 200 g/mol. The molecule has 0 radical (unpaired) electrons. The second-order valence-corrected chi connectivity index (χ2v) is 4.36. The van der Waals surface area contributed by atoms with Gasteiger partial charge in [-0.1, -0.05) is 19.1 Å². The Morgan fingerprint density at radius 2 is 2.25 bits per heavy atom. The van der Waals surface area contributed by atoms with E-state index in [0.29, 0.717) is 18.9 Å². The van der Waals surface area contributed by atoms with Crippen molar-refractivity contribution in [2.75, 3.05) is 18.5 Å². The van der Waals surface area contributed by atoms with Crippen molar-refractivity contribution in [2.24, 2.45) is 5.73 Å². The van der Waals surface area contributed by atoms with Gasteiger partial charge in [-0.15, -0.1) is 0 Å². The van der Waals surface area contributed by atoms with Crippen LogP contribution in [0.5, 0.6) is 0 Å². The summed E-state index contributed by atoms with van der Waals surface area (Å²) >= 11 is 0. The molecule has 0 fully saturated rings. The number of benzene rings is 1. The predicted molar refractivity (Wildman–Crippen MR) is 65.6 cm³/mol. The maximum Gasteiger partial charge on any atom is 0.231 e. The second-order valence-electron chi connectivity index (χ2n) is 4.36. The first-order valence-corrected chi connectivity index (χ1v) is 5.76. The zero-order valence-corrected chi connectivity index (χ0v) is 9.86. The van der Waals surface area contributed by atoms with Gasteiger partial charge in [0, 0.05) is 12.7 Å². The number of hydrogen-bond donors (Lipinski definition) is 1. The largest absolute Gasteiger partial charge is 0.330 e. The van der Waals surface area contributed by atoms with E-state index in [1.807, 2.05) is 13.1 Å². The SMILES string of the molecule is CCC(CN)c1ccc2c(c1)CC(=O)N2C. The lowest BCUT2D eigenvalue weighted by molar-refractivity contribution is -0.117. The smallest absolute Gasteiger partial charge is 0.231 e. The number of likely N-dealkylation sites (N-methyl/N-ethyl adjacent to an activating group) is 1. The summed E-state index contributed by atoms with van der Waals surface area (Å²) in [5.74, 6) is 0.583. The predicted octanol–water partition coefficient (Wildman–Crippen LogP) is 1.66. The summed E-state index contributed by atoms with van der Waals surface area (Å²) < 4.78 is 0. The van der Waals surface area contributed by atoms with Crippen molar-refractivity contribution in [3.63, 3.8) is 0 Å². The van der Waals surface area contributed by atoms with Gasteiger partial charge in [0.05, 0.1) is 6.42 Å². The minimum atomic E-state index is 0.174. The van der Waals surface area contributed by atoms with Gasteiger partial charge >= 0.3 is 0 Å². The number of amides is 1. The fourth-order valence-electron chi connectivity index (χ4n) is 2.28. The van der Waals surface area contributed by atoms with E-state index in [-0.39, 0.29) is 5.91 Å². The van der Waals surface area contributed by atoms with Crippen LogP contribution in [0.1, 0.15) is 30.4 Å². The summed E-state index contributed by atoms with van der Waals surface area (Å²) in [5, 5.41) is 0. The molecule has 3 nitrogen and oxygen atoms in total. The highest BCUT2D eigenvalue weighted by molar-refractivity contribution is 6.00.